The Morgan fingerprint density at radius 3 is 2.62 bits per heavy atom. The van der Waals surface area contributed by atoms with Crippen LogP contribution >= 0.6 is 0 Å². The Balaban J connectivity index is 1.70. The highest BCUT2D eigenvalue weighted by atomic mass is 32.2. The summed E-state index contributed by atoms with van der Waals surface area (Å²) in [5, 5.41) is 5.46. The van der Waals surface area contributed by atoms with Crippen LogP contribution in [0.2, 0.25) is 0 Å². The second-order valence-electron chi connectivity index (χ2n) is 6.27. The number of aryl methyl sites for hydroxylation is 1. The molecule has 0 bridgehead atoms. The van der Waals surface area contributed by atoms with Crippen molar-refractivity contribution in [2.24, 2.45) is 0 Å². The Morgan fingerprint density at radius 1 is 1.15 bits per heavy atom. The molecule has 136 valence electrons. The van der Waals surface area contributed by atoms with E-state index >= 15 is 0 Å². The number of para-hydroxylation sites is 1. The summed E-state index contributed by atoms with van der Waals surface area (Å²) in [5.41, 5.74) is 1.96. The zero-order chi connectivity index (χ0) is 18.7. The number of rotatable bonds is 4. The van der Waals surface area contributed by atoms with Crippen molar-refractivity contribution in [1.29, 1.82) is 0 Å². The summed E-state index contributed by atoms with van der Waals surface area (Å²) in [6.45, 7) is 1.88. The highest BCUT2D eigenvalue weighted by Crippen LogP contribution is 2.15. The molecule has 1 aliphatic heterocycles. The predicted molar refractivity (Wildman–Crippen MR) is 97.9 cm³/mol. The fraction of sp³-hybridized carbons (Fsp3) is 0.278. The van der Waals surface area contributed by atoms with E-state index in [-0.39, 0.29) is 22.8 Å². The molecule has 1 unspecified atom stereocenters. The van der Waals surface area contributed by atoms with E-state index in [1.807, 2.05) is 25.1 Å². The van der Waals surface area contributed by atoms with Crippen LogP contribution in [0.25, 0.3) is 0 Å². The van der Waals surface area contributed by atoms with Crippen molar-refractivity contribution in [3.8, 4) is 0 Å². The van der Waals surface area contributed by atoms with Gasteiger partial charge < -0.3 is 10.6 Å². The first-order chi connectivity index (χ1) is 12.3. The van der Waals surface area contributed by atoms with Crippen LogP contribution in [0.4, 0.5) is 5.69 Å². The molecule has 1 fully saturated rings. The van der Waals surface area contributed by atoms with E-state index in [1.165, 1.54) is 18.3 Å². The molecule has 2 aromatic rings. The average Bonchev–Trinajstić information content (AvgIpc) is 2.95. The number of aromatic nitrogens is 1. The summed E-state index contributed by atoms with van der Waals surface area (Å²) >= 11 is 0. The largest absolute Gasteiger partial charge is 0.348 e. The molecule has 1 atom stereocenters. The van der Waals surface area contributed by atoms with Gasteiger partial charge in [-0.15, -0.1) is 0 Å². The minimum absolute atomic E-state index is 0.0511. The van der Waals surface area contributed by atoms with E-state index < -0.39 is 27.7 Å². The van der Waals surface area contributed by atoms with E-state index in [1.54, 1.807) is 6.07 Å². The van der Waals surface area contributed by atoms with Gasteiger partial charge in [0.15, 0.2) is 9.84 Å². The molecular formula is C18H19N3O4S. The normalized spacial score (nSPS) is 18.3. The number of amides is 2. The van der Waals surface area contributed by atoms with Gasteiger partial charge >= 0.3 is 0 Å². The number of nitrogens with one attached hydrogen (secondary N) is 2. The van der Waals surface area contributed by atoms with Gasteiger partial charge in [0, 0.05) is 23.5 Å². The van der Waals surface area contributed by atoms with Gasteiger partial charge in [-0.25, -0.2) is 8.42 Å². The van der Waals surface area contributed by atoms with Crippen molar-refractivity contribution in [3.05, 3.63) is 59.4 Å². The van der Waals surface area contributed by atoms with Crippen molar-refractivity contribution in [3.63, 3.8) is 0 Å². The zero-order valence-electron chi connectivity index (χ0n) is 14.2. The van der Waals surface area contributed by atoms with Gasteiger partial charge in [-0.05, 0) is 37.1 Å². The zero-order valence-corrected chi connectivity index (χ0v) is 15.0. The molecule has 7 nitrogen and oxygen atoms in total. The summed E-state index contributed by atoms with van der Waals surface area (Å²) in [6.07, 6.45) is 1.78. The Morgan fingerprint density at radius 2 is 1.92 bits per heavy atom. The van der Waals surface area contributed by atoms with Crippen LogP contribution in [0.1, 0.15) is 32.8 Å². The lowest BCUT2D eigenvalue weighted by molar-refractivity contribution is 0.0941. The topological polar surface area (TPSA) is 105 Å². The maximum atomic E-state index is 12.4. The van der Waals surface area contributed by atoms with Gasteiger partial charge in [0.2, 0.25) is 0 Å². The smallest absolute Gasteiger partial charge is 0.274 e. The Hall–Kier alpha value is -2.74. The standard InChI is InChI=1S/C18H19N3O4S/c1-12-4-2-3-5-15(12)21-18(23)16-10-13(6-8-19-16)17(22)20-14-7-9-26(24,25)11-14/h2-6,8,10,14H,7,9,11H2,1H3,(H,20,22)(H,21,23). The Kier molecular flexibility index (Phi) is 5.03. The molecule has 1 aromatic heterocycles. The first-order valence-electron chi connectivity index (χ1n) is 8.18. The molecule has 2 heterocycles. The van der Waals surface area contributed by atoms with Crippen molar-refractivity contribution in [1.82, 2.24) is 10.3 Å². The molecular weight excluding hydrogens is 354 g/mol. The van der Waals surface area contributed by atoms with Crippen molar-refractivity contribution in [2.45, 2.75) is 19.4 Å². The number of carbonyl (C=O) groups is 2. The fourth-order valence-corrected chi connectivity index (χ4v) is 4.45. The number of sulfone groups is 1. The lowest BCUT2D eigenvalue weighted by Gasteiger charge is -2.11. The molecule has 26 heavy (non-hydrogen) atoms. The summed E-state index contributed by atoms with van der Waals surface area (Å²) in [7, 11) is -3.07. The van der Waals surface area contributed by atoms with Gasteiger partial charge in [0.05, 0.1) is 11.5 Å². The van der Waals surface area contributed by atoms with Crippen LogP contribution in [-0.2, 0) is 9.84 Å². The third-order valence-electron chi connectivity index (χ3n) is 4.22. The summed E-state index contributed by atoms with van der Waals surface area (Å²) < 4.78 is 23.0. The SMILES string of the molecule is Cc1ccccc1NC(=O)c1cc(C(=O)NC2CCS(=O)(=O)C2)ccn1. The third kappa shape index (κ3) is 4.26. The van der Waals surface area contributed by atoms with E-state index in [2.05, 4.69) is 15.6 Å². The molecule has 0 spiro atoms. The first-order valence-corrected chi connectivity index (χ1v) is 10.0. The number of anilines is 1. The van der Waals surface area contributed by atoms with Gasteiger partial charge in [-0.2, -0.15) is 0 Å². The molecule has 1 saturated heterocycles. The van der Waals surface area contributed by atoms with Crippen LogP contribution in [0.15, 0.2) is 42.6 Å². The molecule has 0 aliphatic carbocycles. The number of carbonyl (C=O) groups excluding carboxylic acids is 2. The number of pyridine rings is 1. The molecule has 1 aromatic carbocycles. The lowest BCUT2D eigenvalue weighted by atomic mass is 10.1. The maximum absolute atomic E-state index is 12.4. The molecule has 2 amide bonds. The molecule has 1 aliphatic rings. The number of hydrogen-bond donors (Lipinski definition) is 2. The summed E-state index contributed by atoms with van der Waals surface area (Å²) in [5.74, 6) is -0.806. The van der Waals surface area contributed by atoms with Crippen LogP contribution < -0.4 is 10.6 Å². The van der Waals surface area contributed by atoms with Crippen LogP contribution in [0.3, 0.4) is 0 Å². The second kappa shape index (κ2) is 7.25. The van der Waals surface area contributed by atoms with Crippen molar-refractivity contribution in [2.75, 3.05) is 16.8 Å². The van der Waals surface area contributed by atoms with Crippen LogP contribution in [-0.4, -0.2) is 42.8 Å². The number of hydrogen-bond acceptors (Lipinski definition) is 5. The maximum Gasteiger partial charge on any atom is 0.274 e. The van der Waals surface area contributed by atoms with E-state index in [0.717, 1.165) is 5.56 Å². The van der Waals surface area contributed by atoms with Crippen LogP contribution in [0, 0.1) is 6.92 Å². The third-order valence-corrected chi connectivity index (χ3v) is 5.98. The quantitative estimate of drug-likeness (QED) is 0.846. The van der Waals surface area contributed by atoms with Gasteiger partial charge in [-0.1, -0.05) is 18.2 Å². The number of nitrogens with zero attached hydrogens (tertiary/aromatic N) is 1. The Labute approximate surface area is 151 Å². The predicted octanol–water partition coefficient (Wildman–Crippen LogP) is 1.56. The number of benzene rings is 1. The van der Waals surface area contributed by atoms with E-state index in [4.69, 9.17) is 0 Å². The monoisotopic (exact) mass is 373 g/mol. The fourth-order valence-electron chi connectivity index (χ4n) is 2.77. The summed E-state index contributed by atoms with van der Waals surface area (Å²) in [4.78, 5) is 28.7. The Bertz CT molecular complexity index is 956. The lowest BCUT2D eigenvalue weighted by Crippen LogP contribution is -2.35. The molecule has 0 radical (unpaired) electrons. The van der Waals surface area contributed by atoms with Gasteiger partial charge in [0.1, 0.15) is 5.69 Å². The van der Waals surface area contributed by atoms with E-state index in [9.17, 15) is 18.0 Å². The van der Waals surface area contributed by atoms with Crippen molar-refractivity contribution >= 4 is 27.3 Å². The highest BCUT2D eigenvalue weighted by molar-refractivity contribution is 7.91. The van der Waals surface area contributed by atoms with Gasteiger partial charge in [0.25, 0.3) is 11.8 Å². The summed E-state index contributed by atoms with van der Waals surface area (Å²) in [6, 6.07) is 9.83. The van der Waals surface area contributed by atoms with E-state index in [0.29, 0.717) is 12.1 Å². The second-order valence-corrected chi connectivity index (χ2v) is 8.50. The molecule has 8 heteroatoms. The minimum atomic E-state index is -3.07. The van der Waals surface area contributed by atoms with Gasteiger partial charge in [-0.3, -0.25) is 14.6 Å². The highest BCUT2D eigenvalue weighted by Gasteiger charge is 2.29. The average molecular weight is 373 g/mol. The molecule has 0 saturated carbocycles. The first kappa shape index (κ1) is 18.1. The minimum Gasteiger partial charge on any atom is -0.348 e. The van der Waals surface area contributed by atoms with Crippen LogP contribution in [0.5, 0.6) is 0 Å². The molecule has 3 rings (SSSR count). The van der Waals surface area contributed by atoms with Crippen molar-refractivity contribution < 1.29 is 18.0 Å². The molecule has 2 N–H and O–H groups in total.